The smallest absolute Gasteiger partial charge is 0.257 e. The lowest BCUT2D eigenvalue weighted by molar-refractivity contribution is 0.0977. The molecule has 2 N–H and O–H groups in total. The topological polar surface area (TPSA) is 53.6 Å². The maximum absolute atomic E-state index is 12.5. The summed E-state index contributed by atoms with van der Waals surface area (Å²) in [7, 11) is 0. The van der Waals surface area contributed by atoms with E-state index < -0.39 is 0 Å². The van der Waals surface area contributed by atoms with Crippen molar-refractivity contribution in [2.75, 3.05) is 23.4 Å². The summed E-state index contributed by atoms with van der Waals surface area (Å²) in [6, 6.07) is 15.9. The molecule has 1 aliphatic heterocycles. The minimum absolute atomic E-state index is 0.263. The number of benzene rings is 2. The van der Waals surface area contributed by atoms with E-state index in [4.69, 9.17) is 17.0 Å². The fourth-order valence-corrected chi connectivity index (χ4v) is 3.76. The molecular weight excluding hydrogens is 394 g/mol. The van der Waals surface area contributed by atoms with Crippen LogP contribution in [0.3, 0.4) is 0 Å². The summed E-state index contributed by atoms with van der Waals surface area (Å²) >= 11 is 5.32. The third kappa shape index (κ3) is 6.20. The van der Waals surface area contributed by atoms with Crippen LogP contribution >= 0.6 is 12.2 Å². The van der Waals surface area contributed by atoms with Gasteiger partial charge in [-0.05, 0) is 86.8 Å². The Balaban J connectivity index is 1.55. The van der Waals surface area contributed by atoms with Gasteiger partial charge in [0.2, 0.25) is 0 Å². The van der Waals surface area contributed by atoms with E-state index in [-0.39, 0.29) is 11.0 Å². The molecule has 30 heavy (non-hydrogen) atoms. The third-order valence-corrected chi connectivity index (χ3v) is 5.37. The van der Waals surface area contributed by atoms with Gasteiger partial charge < -0.3 is 15.0 Å². The van der Waals surface area contributed by atoms with E-state index in [9.17, 15) is 4.79 Å². The molecule has 2 aromatic rings. The number of amides is 1. The van der Waals surface area contributed by atoms with E-state index >= 15 is 0 Å². The third-order valence-electron chi connectivity index (χ3n) is 5.17. The second-order valence-electron chi connectivity index (χ2n) is 8.23. The number of carbonyl (C=O) groups is 1. The van der Waals surface area contributed by atoms with E-state index in [1.807, 2.05) is 18.2 Å². The molecule has 6 heteroatoms. The maximum Gasteiger partial charge on any atom is 0.257 e. The van der Waals surface area contributed by atoms with Crippen LogP contribution in [0.4, 0.5) is 11.4 Å². The van der Waals surface area contributed by atoms with Crippen LogP contribution in [-0.2, 0) is 0 Å². The van der Waals surface area contributed by atoms with Gasteiger partial charge in [-0.1, -0.05) is 19.9 Å². The molecule has 160 valence electrons. The summed E-state index contributed by atoms with van der Waals surface area (Å²) in [5, 5.41) is 6.10. The number of carbonyl (C=O) groups excluding carboxylic acids is 1. The Bertz CT molecular complexity index is 867. The second-order valence-corrected chi connectivity index (χ2v) is 8.63. The minimum atomic E-state index is -0.263. The van der Waals surface area contributed by atoms with Gasteiger partial charge in [0.1, 0.15) is 5.75 Å². The molecule has 1 saturated heterocycles. The Kier molecular flexibility index (Phi) is 7.69. The fraction of sp³-hybridized carbons (Fsp3) is 0.417. The first-order valence-corrected chi connectivity index (χ1v) is 11.0. The average molecular weight is 426 g/mol. The molecule has 0 unspecified atom stereocenters. The number of piperidine rings is 1. The first-order chi connectivity index (χ1) is 14.4. The zero-order valence-corrected chi connectivity index (χ0v) is 18.8. The second kappa shape index (κ2) is 10.4. The number of anilines is 2. The molecular formula is C24H31N3O2S. The van der Waals surface area contributed by atoms with E-state index in [0.29, 0.717) is 29.9 Å². The van der Waals surface area contributed by atoms with E-state index in [0.717, 1.165) is 12.2 Å². The molecule has 1 fully saturated rings. The van der Waals surface area contributed by atoms with Crippen molar-refractivity contribution in [1.29, 1.82) is 0 Å². The molecule has 0 radical (unpaired) electrons. The molecule has 2 aromatic carbocycles. The molecule has 5 nitrogen and oxygen atoms in total. The molecule has 1 aliphatic rings. The van der Waals surface area contributed by atoms with Crippen molar-refractivity contribution in [3.8, 4) is 5.75 Å². The molecule has 0 aliphatic carbocycles. The van der Waals surface area contributed by atoms with E-state index in [1.54, 1.807) is 18.2 Å². The number of hydrogen-bond acceptors (Lipinski definition) is 4. The number of ether oxygens (including phenoxy) is 1. The monoisotopic (exact) mass is 425 g/mol. The van der Waals surface area contributed by atoms with Crippen LogP contribution in [0.25, 0.3) is 0 Å². The van der Waals surface area contributed by atoms with Crippen LogP contribution < -0.4 is 20.3 Å². The lowest BCUT2D eigenvalue weighted by Crippen LogP contribution is -2.37. The number of hydrogen-bond donors (Lipinski definition) is 2. The number of nitrogens with one attached hydrogen (secondary N) is 2. The van der Waals surface area contributed by atoms with Gasteiger partial charge >= 0.3 is 0 Å². The molecule has 3 rings (SSSR count). The lowest BCUT2D eigenvalue weighted by Gasteiger charge is -2.35. The van der Waals surface area contributed by atoms with Crippen molar-refractivity contribution < 1.29 is 9.53 Å². The molecule has 1 heterocycles. The summed E-state index contributed by atoms with van der Waals surface area (Å²) in [6.07, 6.45) is 3.78. The van der Waals surface area contributed by atoms with Crippen LogP contribution in [0.1, 0.15) is 50.4 Å². The van der Waals surface area contributed by atoms with E-state index in [1.165, 1.54) is 24.9 Å². The Hall–Kier alpha value is -2.60. The molecule has 1 atom stereocenters. The zero-order valence-electron chi connectivity index (χ0n) is 18.0. The summed E-state index contributed by atoms with van der Waals surface area (Å²) in [6.45, 7) is 8.15. The first-order valence-electron chi connectivity index (χ1n) is 10.6. The first kappa shape index (κ1) is 22.1. The van der Waals surface area contributed by atoms with Crippen molar-refractivity contribution in [1.82, 2.24) is 5.32 Å². The van der Waals surface area contributed by atoms with Gasteiger partial charge in [0, 0.05) is 29.5 Å². The van der Waals surface area contributed by atoms with Crippen molar-refractivity contribution in [2.24, 2.45) is 5.92 Å². The maximum atomic E-state index is 12.5. The molecule has 0 saturated carbocycles. The van der Waals surface area contributed by atoms with Crippen LogP contribution in [0.5, 0.6) is 5.75 Å². The molecule has 0 aromatic heterocycles. The summed E-state index contributed by atoms with van der Waals surface area (Å²) in [4.78, 5) is 15.0. The fourth-order valence-electron chi connectivity index (χ4n) is 3.55. The predicted octanol–water partition coefficient (Wildman–Crippen LogP) is 5.23. The summed E-state index contributed by atoms with van der Waals surface area (Å²) in [5.74, 6) is 0.836. The van der Waals surface area contributed by atoms with Gasteiger partial charge in [-0.15, -0.1) is 0 Å². The molecule has 0 spiro atoms. The van der Waals surface area contributed by atoms with Gasteiger partial charge in [0.15, 0.2) is 5.11 Å². The largest absolute Gasteiger partial charge is 0.493 e. The minimum Gasteiger partial charge on any atom is -0.493 e. The van der Waals surface area contributed by atoms with Crippen LogP contribution in [0, 0.1) is 5.92 Å². The normalized spacial score (nSPS) is 16.3. The van der Waals surface area contributed by atoms with Gasteiger partial charge in [0.05, 0.1) is 6.61 Å². The number of nitrogens with zero attached hydrogens (tertiary/aromatic N) is 1. The molecule has 1 amide bonds. The Morgan fingerprint density at radius 1 is 1.20 bits per heavy atom. The highest BCUT2D eigenvalue weighted by Crippen LogP contribution is 2.25. The highest BCUT2D eigenvalue weighted by Gasteiger charge is 2.18. The number of rotatable bonds is 6. The Labute approximate surface area is 184 Å². The Morgan fingerprint density at radius 3 is 2.67 bits per heavy atom. The van der Waals surface area contributed by atoms with Gasteiger partial charge in [-0.25, -0.2) is 0 Å². The lowest BCUT2D eigenvalue weighted by atomic mass is 10.0. The average Bonchev–Trinajstić information content (AvgIpc) is 2.73. The van der Waals surface area contributed by atoms with Gasteiger partial charge in [0.25, 0.3) is 5.91 Å². The van der Waals surface area contributed by atoms with Crippen LogP contribution in [-0.4, -0.2) is 30.2 Å². The standard InChI is InChI=1S/C24H31N3O2S/c1-17(2)16-29-22-9-6-8-19(15-22)23(28)26-24(30)25-20-10-12-21(13-11-20)27-14-5-4-7-18(27)3/h6,8-13,15,17-18H,4-5,7,14,16H2,1-3H3,(H2,25,26,28,30)/t18-/m0/s1. The highest BCUT2D eigenvalue weighted by atomic mass is 32.1. The van der Waals surface area contributed by atoms with Crippen molar-refractivity contribution in [3.63, 3.8) is 0 Å². The van der Waals surface area contributed by atoms with E-state index in [2.05, 4.69) is 48.4 Å². The van der Waals surface area contributed by atoms with Crippen molar-refractivity contribution in [2.45, 2.75) is 46.1 Å². The van der Waals surface area contributed by atoms with Crippen LogP contribution in [0.15, 0.2) is 48.5 Å². The number of thiocarbonyl (C=S) groups is 1. The molecule has 0 bridgehead atoms. The zero-order chi connectivity index (χ0) is 21.5. The van der Waals surface area contributed by atoms with Crippen molar-refractivity contribution in [3.05, 3.63) is 54.1 Å². The summed E-state index contributed by atoms with van der Waals surface area (Å²) in [5.41, 5.74) is 2.58. The quantitative estimate of drug-likeness (QED) is 0.621. The van der Waals surface area contributed by atoms with Gasteiger partial charge in [-0.3, -0.25) is 10.1 Å². The SMILES string of the molecule is CC(C)COc1cccc(C(=O)NC(=S)Nc2ccc(N3CCCC[C@@H]3C)cc2)c1. The van der Waals surface area contributed by atoms with Gasteiger partial charge in [-0.2, -0.15) is 0 Å². The van der Waals surface area contributed by atoms with Crippen molar-refractivity contribution >= 4 is 34.6 Å². The van der Waals surface area contributed by atoms with Crippen LogP contribution in [0.2, 0.25) is 0 Å². The summed E-state index contributed by atoms with van der Waals surface area (Å²) < 4.78 is 5.70. The Morgan fingerprint density at radius 2 is 1.97 bits per heavy atom. The highest BCUT2D eigenvalue weighted by molar-refractivity contribution is 7.80. The predicted molar refractivity (Wildman–Crippen MR) is 128 cm³/mol.